The molecule has 3 aromatic heterocycles. The third kappa shape index (κ3) is 8.39. The molecular weight excluding hydrogens is 825 g/mol. The zero-order valence-corrected chi connectivity index (χ0v) is 33.0. The van der Waals surface area contributed by atoms with Gasteiger partial charge in [0.05, 0.1) is 11.0 Å². The molecule has 0 saturated carbocycles. The SMILES string of the molecule is Cc1c(-c2ccccc2)cccc1-c1ccc(-c2cc[c-]c(-c3cc(C(C)(C)C)ccn3)c2)c2nccnc12.Cc1ccnc(-c2[c-]cccc2)c1.[Ir]. The maximum atomic E-state index is 4.82. The summed E-state index contributed by atoms with van der Waals surface area (Å²) in [5.41, 5.74) is 16.2. The predicted molar refractivity (Wildman–Crippen MR) is 215 cm³/mol. The second-order valence-electron chi connectivity index (χ2n) is 13.9. The molecule has 0 aliphatic heterocycles. The van der Waals surface area contributed by atoms with Gasteiger partial charge in [0.2, 0.25) is 0 Å². The van der Waals surface area contributed by atoms with Crippen molar-refractivity contribution in [3.63, 3.8) is 0 Å². The van der Waals surface area contributed by atoms with Gasteiger partial charge in [-0.15, -0.1) is 65.7 Å². The van der Waals surface area contributed by atoms with E-state index < -0.39 is 0 Å². The predicted octanol–water partition coefficient (Wildman–Crippen LogP) is 12.0. The van der Waals surface area contributed by atoms with Crippen LogP contribution in [0.2, 0.25) is 0 Å². The summed E-state index contributed by atoms with van der Waals surface area (Å²) in [6.45, 7) is 10.9. The molecule has 8 aromatic rings. The fourth-order valence-electron chi connectivity index (χ4n) is 6.43. The van der Waals surface area contributed by atoms with Crippen LogP contribution in [0, 0.1) is 26.0 Å². The van der Waals surface area contributed by atoms with Crippen LogP contribution in [-0.2, 0) is 25.5 Å². The summed E-state index contributed by atoms with van der Waals surface area (Å²) in [6.07, 6.45) is 7.26. The summed E-state index contributed by atoms with van der Waals surface area (Å²) < 4.78 is 0. The van der Waals surface area contributed by atoms with Crippen LogP contribution in [0.25, 0.3) is 66.9 Å². The summed E-state index contributed by atoms with van der Waals surface area (Å²) in [5, 5.41) is 0. The Morgan fingerprint density at radius 3 is 1.85 bits per heavy atom. The van der Waals surface area contributed by atoms with Crippen molar-refractivity contribution in [2.24, 2.45) is 0 Å². The summed E-state index contributed by atoms with van der Waals surface area (Å²) in [5.74, 6) is 0. The number of pyridine rings is 2. The van der Waals surface area contributed by atoms with E-state index in [9.17, 15) is 0 Å². The normalized spacial score (nSPS) is 11.0. The molecule has 1 radical (unpaired) electrons. The van der Waals surface area contributed by atoms with Gasteiger partial charge in [0.25, 0.3) is 0 Å². The van der Waals surface area contributed by atoms with Crippen LogP contribution in [0.3, 0.4) is 0 Å². The Balaban J connectivity index is 0.000000289. The Bertz CT molecular complexity index is 2470. The molecule has 0 amide bonds. The van der Waals surface area contributed by atoms with E-state index in [0.717, 1.165) is 50.2 Å². The third-order valence-corrected chi connectivity index (χ3v) is 9.25. The summed E-state index contributed by atoms with van der Waals surface area (Å²) in [6, 6.07) is 50.3. The molecule has 0 aliphatic carbocycles. The van der Waals surface area contributed by atoms with Gasteiger partial charge in [-0.05, 0) is 76.2 Å². The van der Waals surface area contributed by atoms with Crippen LogP contribution in [0.1, 0.15) is 37.5 Å². The molecule has 3 heterocycles. The Kier molecular flexibility index (Phi) is 11.5. The number of aryl methyl sites for hydroxylation is 1. The van der Waals surface area contributed by atoms with E-state index in [2.05, 4.69) is 148 Å². The zero-order chi connectivity index (χ0) is 36.1. The number of aromatic nitrogens is 4. The average molecular weight is 865 g/mol. The molecule has 8 rings (SSSR count). The smallest absolute Gasteiger partial charge is 0.0970 e. The molecule has 53 heavy (non-hydrogen) atoms. The first-order valence-electron chi connectivity index (χ1n) is 17.5. The standard InChI is InChI=1S/C36H30N3.C12H10N.Ir/c1-24-29(25-10-6-5-7-11-25)14-9-15-30(24)32-17-16-31(34-35(32)39-21-20-38-34)26-12-8-13-27(22-26)33-23-28(18-19-37-33)36(2,3)4;1-10-7-8-13-12(9-10)11-5-3-2-4-6-11;/h5-12,14-23H,1-4H3;2-5,7-9H,1H3;/q2*-1;. The topological polar surface area (TPSA) is 51.6 Å². The van der Waals surface area contributed by atoms with E-state index in [1.165, 1.54) is 33.4 Å². The van der Waals surface area contributed by atoms with E-state index >= 15 is 0 Å². The molecule has 0 aliphatic rings. The largest absolute Gasteiger partial charge is 0.305 e. The van der Waals surface area contributed by atoms with E-state index in [4.69, 9.17) is 9.97 Å². The first-order valence-corrected chi connectivity index (χ1v) is 17.5. The number of rotatable bonds is 5. The van der Waals surface area contributed by atoms with Gasteiger partial charge in [-0.25, -0.2) is 0 Å². The van der Waals surface area contributed by atoms with Crippen molar-refractivity contribution in [3.8, 4) is 55.9 Å². The minimum Gasteiger partial charge on any atom is -0.305 e. The number of benzene rings is 5. The Morgan fingerprint density at radius 1 is 0.472 bits per heavy atom. The Hall–Kier alpha value is -5.61. The van der Waals surface area contributed by atoms with Gasteiger partial charge in [0.1, 0.15) is 0 Å². The third-order valence-electron chi connectivity index (χ3n) is 9.25. The van der Waals surface area contributed by atoms with E-state index in [0.29, 0.717) is 0 Å². The van der Waals surface area contributed by atoms with Crippen molar-refractivity contribution in [3.05, 3.63) is 181 Å². The molecule has 0 spiro atoms. The average Bonchev–Trinajstić information content (AvgIpc) is 3.18. The van der Waals surface area contributed by atoms with Crippen molar-refractivity contribution in [2.45, 2.75) is 40.0 Å². The van der Waals surface area contributed by atoms with Crippen LogP contribution in [0.15, 0.2) is 152 Å². The minimum absolute atomic E-state index is 0. The van der Waals surface area contributed by atoms with Crippen LogP contribution in [0.4, 0.5) is 0 Å². The van der Waals surface area contributed by atoms with Crippen molar-refractivity contribution in [2.75, 3.05) is 0 Å². The number of hydrogen-bond donors (Lipinski definition) is 0. The van der Waals surface area contributed by atoms with Crippen molar-refractivity contribution in [1.82, 2.24) is 19.9 Å². The van der Waals surface area contributed by atoms with Gasteiger partial charge in [-0.2, -0.15) is 0 Å². The molecule has 0 unspecified atom stereocenters. The molecule has 263 valence electrons. The quantitative estimate of drug-likeness (QED) is 0.162. The van der Waals surface area contributed by atoms with E-state index in [-0.39, 0.29) is 25.5 Å². The summed E-state index contributed by atoms with van der Waals surface area (Å²) >= 11 is 0. The van der Waals surface area contributed by atoms with E-state index in [1.54, 1.807) is 12.4 Å². The van der Waals surface area contributed by atoms with Gasteiger partial charge in [0.15, 0.2) is 0 Å². The van der Waals surface area contributed by atoms with Crippen molar-refractivity contribution < 1.29 is 20.1 Å². The Labute approximate surface area is 326 Å². The fourth-order valence-corrected chi connectivity index (χ4v) is 6.43. The van der Waals surface area contributed by atoms with Crippen LogP contribution in [-0.4, -0.2) is 19.9 Å². The maximum Gasteiger partial charge on any atom is 0.0970 e. The first-order chi connectivity index (χ1) is 25.3. The monoisotopic (exact) mass is 865 g/mol. The second-order valence-corrected chi connectivity index (χ2v) is 13.9. The molecule has 4 nitrogen and oxygen atoms in total. The van der Waals surface area contributed by atoms with Gasteiger partial charge in [-0.3, -0.25) is 9.97 Å². The molecule has 5 aromatic carbocycles. The molecule has 0 N–H and O–H groups in total. The van der Waals surface area contributed by atoms with E-state index in [1.807, 2.05) is 48.8 Å². The Morgan fingerprint density at radius 2 is 1.13 bits per heavy atom. The van der Waals surface area contributed by atoms with Crippen molar-refractivity contribution in [1.29, 1.82) is 0 Å². The summed E-state index contributed by atoms with van der Waals surface area (Å²) in [4.78, 5) is 18.6. The summed E-state index contributed by atoms with van der Waals surface area (Å²) in [7, 11) is 0. The van der Waals surface area contributed by atoms with Crippen molar-refractivity contribution >= 4 is 11.0 Å². The fraction of sp³-hybridized carbons (Fsp3) is 0.125. The molecule has 0 fully saturated rings. The molecule has 0 saturated heterocycles. The zero-order valence-electron chi connectivity index (χ0n) is 30.6. The van der Waals surface area contributed by atoms with Crippen LogP contribution < -0.4 is 0 Å². The first kappa shape index (κ1) is 37.2. The van der Waals surface area contributed by atoms with Crippen LogP contribution in [0.5, 0.6) is 0 Å². The van der Waals surface area contributed by atoms with Crippen LogP contribution >= 0.6 is 0 Å². The molecular formula is C48H40IrN4-2. The van der Waals surface area contributed by atoms with Gasteiger partial charge in [-0.1, -0.05) is 105 Å². The second kappa shape index (κ2) is 16.4. The van der Waals surface area contributed by atoms with Gasteiger partial charge >= 0.3 is 0 Å². The minimum atomic E-state index is 0. The number of nitrogens with zero attached hydrogens (tertiary/aromatic N) is 4. The number of hydrogen-bond acceptors (Lipinski definition) is 4. The molecule has 0 atom stereocenters. The van der Waals surface area contributed by atoms with Gasteiger partial charge in [0, 0.05) is 50.5 Å². The number of fused-ring (bicyclic) bond motifs is 1. The molecule has 5 heteroatoms. The maximum absolute atomic E-state index is 4.82. The van der Waals surface area contributed by atoms with Gasteiger partial charge < -0.3 is 9.97 Å². The molecule has 0 bridgehead atoms.